The van der Waals surface area contributed by atoms with E-state index in [-0.39, 0.29) is 17.3 Å². The Kier molecular flexibility index (Phi) is 3.70. The fraction of sp³-hybridized carbons (Fsp3) is 0.385. The van der Waals surface area contributed by atoms with E-state index in [4.69, 9.17) is 0 Å². The largest absolute Gasteiger partial charge is 0.337 e. The van der Waals surface area contributed by atoms with Crippen LogP contribution in [0.1, 0.15) is 0 Å². The fourth-order valence-corrected chi connectivity index (χ4v) is 3.32. The molecular formula is C13H14N4O3S. The summed E-state index contributed by atoms with van der Waals surface area (Å²) in [6.45, 7) is 1.84. The van der Waals surface area contributed by atoms with E-state index >= 15 is 0 Å². The molecule has 1 aromatic heterocycles. The molecule has 1 aliphatic rings. The predicted molar refractivity (Wildman–Crippen MR) is 80.0 cm³/mol. The molecule has 110 valence electrons. The average molecular weight is 306 g/mol. The lowest BCUT2D eigenvalue weighted by Gasteiger charge is -2.31. The van der Waals surface area contributed by atoms with Crippen LogP contribution >= 0.6 is 11.3 Å². The molecule has 1 aliphatic heterocycles. The average Bonchev–Trinajstić information content (AvgIpc) is 2.83. The number of amides is 1. The van der Waals surface area contributed by atoms with Crippen LogP contribution in [0.15, 0.2) is 34.3 Å². The Morgan fingerprint density at radius 1 is 1.19 bits per heavy atom. The Labute approximate surface area is 124 Å². The molecule has 3 rings (SSSR count). The molecule has 7 nitrogen and oxygen atoms in total. The second kappa shape index (κ2) is 5.65. The minimum atomic E-state index is -0.127. The minimum absolute atomic E-state index is 0.0391. The summed E-state index contributed by atoms with van der Waals surface area (Å²) < 4.78 is 2.39. The van der Waals surface area contributed by atoms with E-state index in [1.165, 1.54) is 9.58 Å². The first-order chi connectivity index (χ1) is 10.2. The van der Waals surface area contributed by atoms with Gasteiger partial charge in [0.25, 0.3) is 0 Å². The van der Waals surface area contributed by atoms with Gasteiger partial charge in [-0.1, -0.05) is 23.5 Å². The normalized spacial score (nSPS) is 15.4. The van der Waals surface area contributed by atoms with Crippen LogP contribution in [0.2, 0.25) is 0 Å². The third kappa shape index (κ3) is 2.66. The molecule has 1 fully saturated rings. The zero-order valence-electron chi connectivity index (χ0n) is 11.3. The Morgan fingerprint density at radius 2 is 1.90 bits per heavy atom. The minimum Gasteiger partial charge on any atom is -0.337 e. The molecule has 0 saturated carbocycles. The van der Waals surface area contributed by atoms with E-state index in [0.29, 0.717) is 26.2 Å². The first-order valence-corrected chi connectivity index (χ1v) is 7.45. The zero-order chi connectivity index (χ0) is 14.8. The van der Waals surface area contributed by atoms with Crippen molar-refractivity contribution in [3.8, 4) is 0 Å². The van der Waals surface area contributed by atoms with E-state index in [1.807, 2.05) is 24.3 Å². The molecule has 0 atom stereocenters. The molecule has 0 radical (unpaired) electrons. The van der Waals surface area contributed by atoms with Crippen molar-refractivity contribution in [1.82, 2.24) is 14.5 Å². The molecule has 0 aliphatic carbocycles. The smallest absolute Gasteiger partial charge is 0.308 e. The van der Waals surface area contributed by atoms with Crippen molar-refractivity contribution in [2.45, 2.75) is 6.54 Å². The van der Waals surface area contributed by atoms with Gasteiger partial charge >= 0.3 is 4.87 Å². The summed E-state index contributed by atoms with van der Waals surface area (Å²) in [7, 11) is 0. The maximum absolute atomic E-state index is 12.3. The number of thiazole rings is 1. The molecule has 1 amide bonds. The van der Waals surface area contributed by atoms with Crippen molar-refractivity contribution in [3.05, 3.63) is 38.8 Å². The number of benzene rings is 1. The summed E-state index contributed by atoms with van der Waals surface area (Å²) in [4.78, 5) is 36.3. The van der Waals surface area contributed by atoms with Gasteiger partial charge in [0.1, 0.15) is 6.54 Å². The quantitative estimate of drug-likeness (QED) is 0.789. The maximum atomic E-state index is 12.3. The second-order valence-electron chi connectivity index (χ2n) is 4.84. The van der Waals surface area contributed by atoms with Gasteiger partial charge in [0, 0.05) is 13.1 Å². The van der Waals surface area contributed by atoms with Gasteiger partial charge in [-0.25, -0.2) is 0 Å². The lowest BCUT2D eigenvalue weighted by atomic mass is 10.3. The highest BCUT2D eigenvalue weighted by Crippen LogP contribution is 2.16. The number of hydrogen-bond acceptors (Lipinski definition) is 5. The van der Waals surface area contributed by atoms with Crippen LogP contribution in [-0.4, -0.2) is 46.6 Å². The zero-order valence-corrected chi connectivity index (χ0v) is 12.1. The molecule has 2 aromatic rings. The van der Waals surface area contributed by atoms with Crippen molar-refractivity contribution in [2.75, 3.05) is 26.2 Å². The number of nitroso groups, excluding NO2 is 1. The molecule has 8 heteroatoms. The summed E-state index contributed by atoms with van der Waals surface area (Å²) in [6.07, 6.45) is 0. The van der Waals surface area contributed by atoms with Crippen molar-refractivity contribution < 1.29 is 4.79 Å². The molecule has 0 bridgehead atoms. The van der Waals surface area contributed by atoms with Crippen LogP contribution in [0, 0.1) is 4.91 Å². The molecule has 0 spiro atoms. The van der Waals surface area contributed by atoms with E-state index in [1.54, 1.807) is 4.90 Å². The number of para-hydroxylation sites is 1. The Balaban J connectivity index is 1.76. The number of hydrogen-bond donors (Lipinski definition) is 0. The maximum Gasteiger partial charge on any atom is 0.308 e. The van der Waals surface area contributed by atoms with Crippen molar-refractivity contribution in [2.24, 2.45) is 5.29 Å². The highest BCUT2D eigenvalue weighted by Gasteiger charge is 2.22. The number of piperazine rings is 1. The molecule has 0 unspecified atom stereocenters. The Morgan fingerprint density at radius 3 is 2.62 bits per heavy atom. The molecular weight excluding hydrogens is 292 g/mol. The van der Waals surface area contributed by atoms with E-state index in [2.05, 4.69) is 5.29 Å². The Bertz CT molecular complexity index is 730. The number of fused-ring (bicyclic) bond motifs is 1. The van der Waals surface area contributed by atoms with Crippen molar-refractivity contribution in [3.63, 3.8) is 0 Å². The van der Waals surface area contributed by atoms with Crippen LogP contribution in [0.4, 0.5) is 0 Å². The van der Waals surface area contributed by atoms with E-state index in [0.717, 1.165) is 21.6 Å². The van der Waals surface area contributed by atoms with Crippen LogP contribution < -0.4 is 4.87 Å². The van der Waals surface area contributed by atoms with Crippen LogP contribution in [-0.2, 0) is 11.3 Å². The lowest BCUT2D eigenvalue weighted by Crippen LogP contribution is -2.48. The molecule has 1 saturated heterocycles. The first-order valence-electron chi connectivity index (χ1n) is 6.63. The number of aromatic nitrogens is 1. The molecule has 0 N–H and O–H groups in total. The summed E-state index contributed by atoms with van der Waals surface area (Å²) in [5, 5.41) is 4.26. The first kappa shape index (κ1) is 13.7. The topological polar surface area (TPSA) is 75.0 Å². The highest BCUT2D eigenvalue weighted by atomic mass is 32.1. The number of rotatable bonds is 3. The van der Waals surface area contributed by atoms with Crippen LogP contribution in [0.25, 0.3) is 10.2 Å². The van der Waals surface area contributed by atoms with Gasteiger partial charge in [0.2, 0.25) is 5.91 Å². The highest BCUT2D eigenvalue weighted by molar-refractivity contribution is 7.16. The molecule has 21 heavy (non-hydrogen) atoms. The number of nitrogens with zero attached hydrogens (tertiary/aromatic N) is 4. The van der Waals surface area contributed by atoms with Crippen molar-refractivity contribution >= 4 is 27.5 Å². The van der Waals surface area contributed by atoms with E-state index in [9.17, 15) is 14.5 Å². The monoisotopic (exact) mass is 306 g/mol. The number of carbonyl (C=O) groups excluding carboxylic acids is 1. The standard InChI is InChI=1S/C13H14N4O3S/c18-12(15-5-7-16(14-20)8-6-15)9-17-10-3-1-2-4-11(10)21-13(17)19/h1-4H,5-9H2. The fourth-order valence-electron chi connectivity index (χ4n) is 2.43. The summed E-state index contributed by atoms with van der Waals surface area (Å²) in [5.41, 5.74) is 0.786. The Hall–Kier alpha value is -2.22. The second-order valence-corrected chi connectivity index (χ2v) is 5.83. The van der Waals surface area contributed by atoms with E-state index < -0.39 is 0 Å². The molecule has 1 aromatic carbocycles. The van der Waals surface area contributed by atoms with Gasteiger partial charge in [-0.15, -0.1) is 4.91 Å². The summed E-state index contributed by atoms with van der Waals surface area (Å²) in [5.74, 6) is -0.105. The van der Waals surface area contributed by atoms with Crippen LogP contribution in [0.3, 0.4) is 0 Å². The van der Waals surface area contributed by atoms with Gasteiger partial charge in [-0.2, -0.15) is 0 Å². The van der Waals surface area contributed by atoms with Gasteiger partial charge in [0.05, 0.1) is 28.6 Å². The van der Waals surface area contributed by atoms with Gasteiger partial charge in [-0.3, -0.25) is 19.2 Å². The predicted octanol–water partition coefficient (Wildman–Crippen LogP) is 0.889. The van der Waals surface area contributed by atoms with Crippen LogP contribution in [0.5, 0.6) is 0 Å². The van der Waals surface area contributed by atoms with Gasteiger partial charge < -0.3 is 4.90 Å². The lowest BCUT2D eigenvalue weighted by molar-refractivity contribution is -0.133. The van der Waals surface area contributed by atoms with Crippen molar-refractivity contribution in [1.29, 1.82) is 0 Å². The van der Waals surface area contributed by atoms with Gasteiger partial charge in [-0.05, 0) is 12.1 Å². The third-order valence-electron chi connectivity index (χ3n) is 3.59. The summed E-state index contributed by atoms with van der Waals surface area (Å²) in [6, 6.07) is 7.44. The third-order valence-corrected chi connectivity index (χ3v) is 4.55. The molecule has 2 heterocycles. The summed E-state index contributed by atoms with van der Waals surface area (Å²) >= 11 is 1.14. The number of carbonyl (C=O) groups is 1. The SMILES string of the molecule is O=NN1CCN(C(=O)Cn2c(=O)sc3ccccc32)CC1. The van der Waals surface area contributed by atoms with Gasteiger partial charge in [0.15, 0.2) is 0 Å².